The maximum atomic E-state index is 12.1. The molecule has 1 atom stereocenters. The number of nitrogens with one attached hydrogen (secondary N) is 1. The van der Waals surface area contributed by atoms with E-state index in [2.05, 4.69) is 12.2 Å². The molecule has 0 saturated heterocycles. The van der Waals surface area contributed by atoms with E-state index in [1.165, 1.54) is 0 Å². The molecule has 0 bridgehead atoms. The first kappa shape index (κ1) is 19.8. The lowest BCUT2D eigenvalue weighted by atomic mass is 10.1. The van der Waals surface area contributed by atoms with Gasteiger partial charge < -0.3 is 15.2 Å². The zero-order valence-corrected chi connectivity index (χ0v) is 15.7. The first-order valence-electron chi connectivity index (χ1n) is 9.36. The molecule has 4 heteroatoms. The molecule has 0 radical (unpaired) electrons. The van der Waals surface area contributed by atoms with E-state index in [0.29, 0.717) is 6.42 Å². The minimum absolute atomic E-state index is 0.0783. The molecule has 0 saturated carbocycles. The molecule has 0 aliphatic heterocycles. The minimum Gasteiger partial charge on any atom is -0.508 e. The Morgan fingerprint density at radius 1 is 1.04 bits per heavy atom. The number of phenolic OH excluding ortho intramolecular Hbond substituents is 1. The van der Waals surface area contributed by atoms with Crippen LogP contribution >= 0.6 is 0 Å². The third-order valence-electron chi connectivity index (χ3n) is 4.25. The van der Waals surface area contributed by atoms with Crippen molar-refractivity contribution in [3.63, 3.8) is 0 Å². The standard InChI is InChI=1S/C22H29NO3/c1-3-16-26-21-13-8-19(9-14-21)10-15-22(25)23-17(2)4-5-18-6-11-20(24)12-7-18/h6-9,11-14,17,24H,3-5,10,15-16H2,1-2H3,(H,23,25)/t17-/m1/s1. The quantitative estimate of drug-likeness (QED) is 0.670. The molecule has 0 aliphatic rings. The number of benzene rings is 2. The first-order chi connectivity index (χ1) is 12.6. The summed E-state index contributed by atoms with van der Waals surface area (Å²) in [5.74, 6) is 1.23. The van der Waals surface area contributed by atoms with E-state index in [1.54, 1.807) is 12.1 Å². The van der Waals surface area contributed by atoms with E-state index in [0.717, 1.165) is 49.2 Å². The number of hydrogen-bond acceptors (Lipinski definition) is 3. The summed E-state index contributed by atoms with van der Waals surface area (Å²) < 4.78 is 5.57. The summed E-state index contributed by atoms with van der Waals surface area (Å²) >= 11 is 0. The van der Waals surface area contributed by atoms with Crippen LogP contribution in [0.2, 0.25) is 0 Å². The van der Waals surface area contributed by atoms with Gasteiger partial charge in [-0.05, 0) is 68.0 Å². The van der Waals surface area contributed by atoms with Crippen molar-refractivity contribution >= 4 is 5.91 Å². The lowest BCUT2D eigenvalue weighted by molar-refractivity contribution is -0.121. The highest BCUT2D eigenvalue weighted by atomic mass is 16.5. The highest BCUT2D eigenvalue weighted by molar-refractivity contribution is 5.76. The van der Waals surface area contributed by atoms with Crippen LogP contribution in [0.25, 0.3) is 0 Å². The van der Waals surface area contributed by atoms with Crippen LogP contribution < -0.4 is 10.1 Å². The number of phenols is 1. The average Bonchev–Trinajstić information content (AvgIpc) is 2.65. The Bertz CT molecular complexity index is 665. The molecule has 0 fully saturated rings. The van der Waals surface area contributed by atoms with Crippen LogP contribution in [0.1, 0.15) is 44.2 Å². The molecule has 0 spiro atoms. The molecule has 2 aromatic rings. The third kappa shape index (κ3) is 7.18. The first-order valence-corrected chi connectivity index (χ1v) is 9.36. The van der Waals surface area contributed by atoms with Gasteiger partial charge in [0.1, 0.15) is 11.5 Å². The number of carbonyl (C=O) groups is 1. The van der Waals surface area contributed by atoms with Gasteiger partial charge in [0.15, 0.2) is 0 Å². The summed E-state index contributed by atoms with van der Waals surface area (Å²) in [6, 6.07) is 15.3. The van der Waals surface area contributed by atoms with E-state index in [1.807, 2.05) is 43.3 Å². The van der Waals surface area contributed by atoms with E-state index >= 15 is 0 Å². The minimum atomic E-state index is 0.0783. The van der Waals surface area contributed by atoms with Gasteiger partial charge in [0.25, 0.3) is 0 Å². The van der Waals surface area contributed by atoms with Gasteiger partial charge in [0.2, 0.25) is 5.91 Å². The SMILES string of the molecule is CCCOc1ccc(CCC(=O)N[C@H](C)CCc2ccc(O)cc2)cc1. The van der Waals surface area contributed by atoms with Crippen LogP contribution in [-0.2, 0) is 17.6 Å². The molecular weight excluding hydrogens is 326 g/mol. The number of aromatic hydroxyl groups is 1. The van der Waals surface area contributed by atoms with Crippen LogP contribution in [0.5, 0.6) is 11.5 Å². The fourth-order valence-corrected chi connectivity index (χ4v) is 2.70. The van der Waals surface area contributed by atoms with Crippen molar-refractivity contribution in [1.29, 1.82) is 0 Å². The zero-order valence-electron chi connectivity index (χ0n) is 15.7. The van der Waals surface area contributed by atoms with E-state index in [-0.39, 0.29) is 17.7 Å². The molecule has 0 aliphatic carbocycles. The van der Waals surface area contributed by atoms with Crippen LogP contribution in [0.4, 0.5) is 0 Å². The second-order valence-corrected chi connectivity index (χ2v) is 6.67. The molecule has 0 heterocycles. The number of aryl methyl sites for hydroxylation is 2. The smallest absolute Gasteiger partial charge is 0.220 e. The Balaban J connectivity index is 1.68. The van der Waals surface area contributed by atoms with Crippen LogP contribution in [0.3, 0.4) is 0 Å². The van der Waals surface area contributed by atoms with Crippen molar-refractivity contribution in [2.24, 2.45) is 0 Å². The van der Waals surface area contributed by atoms with Gasteiger partial charge in [0.05, 0.1) is 6.61 Å². The van der Waals surface area contributed by atoms with Gasteiger partial charge in [-0.25, -0.2) is 0 Å². The van der Waals surface area contributed by atoms with Gasteiger partial charge in [-0.3, -0.25) is 4.79 Å². The molecule has 26 heavy (non-hydrogen) atoms. The molecule has 0 unspecified atom stereocenters. The lowest BCUT2D eigenvalue weighted by Crippen LogP contribution is -2.33. The maximum absolute atomic E-state index is 12.1. The van der Waals surface area contributed by atoms with Gasteiger partial charge in [-0.1, -0.05) is 31.2 Å². The molecule has 140 valence electrons. The van der Waals surface area contributed by atoms with E-state index in [9.17, 15) is 9.90 Å². The Morgan fingerprint density at radius 3 is 2.31 bits per heavy atom. The third-order valence-corrected chi connectivity index (χ3v) is 4.25. The van der Waals surface area contributed by atoms with Crippen LogP contribution in [0.15, 0.2) is 48.5 Å². The Labute approximate surface area is 156 Å². The number of amides is 1. The summed E-state index contributed by atoms with van der Waals surface area (Å²) in [7, 11) is 0. The Hall–Kier alpha value is -2.49. The topological polar surface area (TPSA) is 58.6 Å². The normalized spacial score (nSPS) is 11.8. The van der Waals surface area contributed by atoms with Crippen LogP contribution in [0, 0.1) is 0 Å². The number of hydrogen-bond donors (Lipinski definition) is 2. The number of rotatable bonds is 10. The van der Waals surface area contributed by atoms with Crippen molar-refractivity contribution in [3.8, 4) is 11.5 Å². The largest absolute Gasteiger partial charge is 0.508 e. The fraction of sp³-hybridized carbons (Fsp3) is 0.409. The molecule has 4 nitrogen and oxygen atoms in total. The van der Waals surface area contributed by atoms with Gasteiger partial charge in [-0.15, -0.1) is 0 Å². The summed E-state index contributed by atoms with van der Waals surface area (Å²) in [6.07, 6.45) is 3.96. The number of carbonyl (C=O) groups excluding carboxylic acids is 1. The molecule has 0 aromatic heterocycles. The van der Waals surface area contributed by atoms with Crippen molar-refractivity contribution < 1.29 is 14.6 Å². The highest BCUT2D eigenvalue weighted by Crippen LogP contribution is 2.14. The van der Waals surface area contributed by atoms with Gasteiger partial charge in [0, 0.05) is 12.5 Å². The van der Waals surface area contributed by atoms with Crippen molar-refractivity contribution in [3.05, 3.63) is 59.7 Å². The van der Waals surface area contributed by atoms with E-state index < -0.39 is 0 Å². The molecule has 2 rings (SSSR count). The van der Waals surface area contributed by atoms with E-state index in [4.69, 9.17) is 4.74 Å². The molecule has 2 aromatic carbocycles. The summed E-state index contributed by atoms with van der Waals surface area (Å²) in [5, 5.41) is 12.4. The Morgan fingerprint density at radius 2 is 1.65 bits per heavy atom. The lowest BCUT2D eigenvalue weighted by Gasteiger charge is -2.14. The number of ether oxygens (including phenoxy) is 1. The van der Waals surface area contributed by atoms with Gasteiger partial charge in [-0.2, -0.15) is 0 Å². The average molecular weight is 355 g/mol. The second-order valence-electron chi connectivity index (χ2n) is 6.67. The monoisotopic (exact) mass is 355 g/mol. The van der Waals surface area contributed by atoms with Crippen molar-refractivity contribution in [2.45, 2.75) is 52.0 Å². The van der Waals surface area contributed by atoms with Crippen molar-refractivity contribution in [1.82, 2.24) is 5.32 Å². The fourth-order valence-electron chi connectivity index (χ4n) is 2.70. The molecule has 1 amide bonds. The second kappa shape index (κ2) is 10.5. The zero-order chi connectivity index (χ0) is 18.8. The maximum Gasteiger partial charge on any atom is 0.220 e. The predicted octanol–water partition coefficient (Wildman–Crippen LogP) is 4.25. The summed E-state index contributed by atoms with van der Waals surface area (Å²) in [6.45, 7) is 4.83. The predicted molar refractivity (Wildman–Crippen MR) is 105 cm³/mol. The van der Waals surface area contributed by atoms with Crippen LogP contribution in [-0.4, -0.2) is 23.7 Å². The summed E-state index contributed by atoms with van der Waals surface area (Å²) in [5.41, 5.74) is 2.30. The molecule has 2 N–H and O–H groups in total. The highest BCUT2D eigenvalue weighted by Gasteiger charge is 2.08. The Kier molecular flexibility index (Phi) is 8.00. The van der Waals surface area contributed by atoms with Crippen molar-refractivity contribution in [2.75, 3.05) is 6.61 Å². The van der Waals surface area contributed by atoms with Gasteiger partial charge >= 0.3 is 0 Å². The summed E-state index contributed by atoms with van der Waals surface area (Å²) in [4.78, 5) is 12.1. The molecular formula is C22H29NO3.